The van der Waals surface area contributed by atoms with Gasteiger partial charge in [0.15, 0.2) is 0 Å². The largest absolute Gasteiger partial charge is 0.481 e. The maximum Gasteiger partial charge on any atom is 0.317 e. The van der Waals surface area contributed by atoms with Gasteiger partial charge < -0.3 is 20.1 Å². The van der Waals surface area contributed by atoms with Crippen molar-refractivity contribution in [3.63, 3.8) is 0 Å². The van der Waals surface area contributed by atoms with Crippen molar-refractivity contribution in [2.75, 3.05) is 26.3 Å². The molecule has 1 aliphatic rings. The molecule has 1 aromatic carbocycles. The first-order valence-electron chi connectivity index (χ1n) is 7.04. The van der Waals surface area contributed by atoms with Crippen LogP contribution in [-0.2, 0) is 16.1 Å². The fourth-order valence-corrected chi connectivity index (χ4v) is 2.46. The third-order valence-corrected chi connectivity index (χ3v) is 3.51. The maximum atomic E-state index is 12.1. The van der Waals surface area contributed by atoms with Crippen LogP contribution in [0, 0.1) is 0 Å². The second-order valence-electron chi connectivity index (χ2n) is 4.90. The number of rotatable bonds is 5. The van der Waals surface area contributed by atoms with Crippen LogP contribution in [0.5, 0.6) is 0 Å². The highest BCUT2D eigenvalue weighted by Gasteiger charge is 2.32. The Labute approximate surface area is 123 Å². The molecule has 21 heavy (non-hydrogen) atoms. The number of carboxylic acids is 1. The Bertz CT molecular complexity index is 518. The van der Waals surface area contributed by atoms with E-state index >= 15 is 0 Å². The van der Waals surface area contributed by atoms with Gasteiger partial charge in [-0.05, 0) is 18.1 Å². The van der Waals surface area contributed by atoms with E-state index in [4.69, 9.17) is 4.74 Å². The van der Waals surface area contributed by atoms with Crippen molar-refractivity contribution in [3.8, 4) is 0 Å². The Balaban J connectivity index is 2.03. The summed E-state index contributed by atoms with van der Waals surface area (Å²) >= 11 is 0. The lowest BCUT2D eigenvalue weighted by molar-refractivity contribution is -0.139. The summed E-state index contributed by atoms with van der Waals surface area (Å²) in [4.78, 5) is 25.0. The zero-order chi connectivity index (χ0) is 15.2. The minimum atomic E-state index is -0.908. The number of ether oxygens (including phenoxy) is 1. The molecule has 1 atom stereocenters. The maximum absolute atomic E-state index is 12.1. The molecular weight excluding hydrogens is 272 g/mol. The number of nitrogens with zero attached hydrogens (tertiary/aromatic N) is 1. The molecule has 1 aromatic rings. The molecule has 0 saturated carbocycles. The van der Waals surface area contributed by atoms with Crippen LogP contribution in [0.15, 0.2) is 24.3 Å². The molecule has 0 radical (unpaired) electrons. The molecule has 2 amide bonds. The molecule has 2 rings (SSSR count). The first-order chi connectivity index (χ1) is 10.1. The van der Waals surface area contributed by atoms with Crippen LogP contribution in [0.1, 0.15) is 24.0 Å². The molecule has 1 unspecified atom stereocenters. The van der Waals surface area contributed by atoms with E-state index in [2.05, 4.69) is 5.32 Å². The van der Waals surface area contributed by atoms with Crippen molar-refractivity contribution in [2.45, 2.75) is 19.4 Å². The number of fused-ring (bicyclic) bond motifs is 1. The summed E-state index contributed by atoms with van der Waals surface area (Å²) in [6, 6.07) is 7.11. The number of hydrogen-bond acceptors (Lipinski definition) is 3. The van der Waals surface area contributed by atoms with Gasteiger partial charge in [-0.3, -0.25) is 4.79 Å². The fourth-order valence-electron chi connectivity index (χ4n) is 2.46. The number of carbonyl (C=O) groups excluding carboxylic acids is 1. The first-order valence-corrected chi connectivity index (χ1v) is 7.04. The molecule has 0 spiro atoms. The summed E-state index contributed by atoms with van der Waals surface area (Å²) < 4.78 is 5.16. The monoisotopic (exact) mass is 292 g/mol. The molecule has 6 heteroatoms. The predicted octanol–water partition coefficient (Wildman–Crippen LogP) is 1.42. The van der Waals surface area contributed by atoms with Crippen LogP contribution in [-0.4, -0.2) is 48.3 Å². The summed E-state index contributed by atoms with van der Waals surface area (Å²) in [6.07, 6.45) is 0. The second-order valence-corrected chi connectivity index (χ2v) is 4.90. The zero-order valence-electron chi connectivity index (χ0n) is 12.0. The molecule has 2 N–H and O–H groups in total. The molecule has 1 heterocycles. The van der Waals surface area contributed by atoms with E-state index < -0.39 is 11.9 Å². The second kappa shape index (κ2) is 7.08. The standard InChI is InChI=1S/C15H20N2O4/c1-2-21-8-7-16-15(20)17-9-11-5-3-4-6-12(11)13(10-17)14(18)19/h3-6,13H,2,7-10H2,1H3,(H,16,20)(H,18,19). The molecule has 0 aliphatic carbocycles. The van der Waals surface area contributed by atoms with Crippen molar-refractivity contribution in [1.29, 1.82) is 0 Å². The lowest BCUT2D eigenvalue weighted by atomic mass is 9.90. The Hall–Kier alpha value is -2.08. The smallest absolute Gasteiger partial charge is 0.317 e. The number of aliphatic carboxylic acids is 1. The van der Waals surface area contributed by atoms with Gasteiger partial charge in [-0.1, -0.05) is 24.3 Å². The highest BCUT2D eigenvalue weighted by atomic mass is 16.5. The molecule has 6 nitrogen and oxygen atoms in total. The van der Waals surface area contributed by atoms with E-state index in [1.54, 1.807) is 0 Å². The topological polar surface area (TPSA) is 78.9 Å². The molecule has 0 aromatic heterocycles. The van der Waals surface area contributed by atoms with Gasteiger partial charge in [-0.25, -0.2) is 4.79 Å². The van der Waals surface area contributed by atoms with Crippen molar-refractivity contribution in [1.82, 2.24) is 10.2 Å². The fraction of sp³-hybridized carbons (Fsp3) is 0.467. The first kappa shape index (κ1) is 15.3. The normalized spacial score (nSPS) is 17.2. The van der Waals surface area contributed by atoms with Gasteiger partial charge >= 0.3 is 12.0 Å². The number of urea groups is 1. The van der Waals surface area contributed by atoms with E-state index in [0.717, 1.165) is 11.1 Å². The van der Waals surface area contributed by atoms with Gasteiger partial charge in [-0.15, -0.1) is 0 Å². The van der Waals surface area contributed by atoms with Gasteiger partial charge in [0, 0.05) is 26.2 Å². The summed E-state index contributed by atoms with van der Waals surface area (Å²) in [5.41, 5.74) is 1.68. The summed E-state index contributed by atoms with van der Waals surface area (Å²) in [5.74, 6) is -1.58. The minimum Gasteiger partial charge on any atom is -0.481 e. The van der Waals surface area contributed by atoms with Crippen molar-refractivity contribution >= 4 is 12.0 Å². The van der Waals surface area contributed by atoms with Crippen LogP contribution >= 0.6 is 0 Å². The molecular formula is C15H20N2O4. The molecule has 1 aliphatic heterocycles. The molecule has 0 bridgehead atoms. The van der Waals surface area contributed by atoms with Crippen LogP contribution in [0.3, 0.4) is 0 Å². The van der Waals surface area contributed by atoms with Gasteiger partial charge in [-0.2, -0.15) is 0 Å². The van der Waals surface area contributed by atoms with E-state index in [9.17, 15) is 14.7 Å². The molecule has 114 valence electrons. The number of amides is 2. The van der Waals surface area contributed by atoms with Gasteiger partial charge in [0.1, 0.15) is 0 Å². The van der Waals surface area contributed by atoms with E-state index in [0.29, 0.717) is 26.3 Å². The van der Waals surface area contributed by atoms with Crippen molar-refractivity contribution < 1.29 is 19.4 Å². The lowest BCUT2D eigenvalue weighted by Crippen LogP contribution is -2.46. The number of carbonyl (C=O) groups is 2. The Kier molecular flexibility index (Phi) is 5.16. The van der Waals surface area contributed by atoms with Crippen LogP contribution in [0.4, 0.5) is 4.79 Å². The minimum absolute atomic E-state index is 0.187. The van der Waals surface area contributed by atoms with Crippen LogP contribution < -0.4 is 5.32 Å². The van der Waals surface area contributed by atoms with E-state index in [1.807, 2.05) is 31.2 Å². The van der Waals surface area contributed by atoms with E-state index in [-0.39, 0.29) is 12.6 Å². The number of benzene rings is 1. The third-order valence-electron chi connectivity index (χ3n) is 3.51. The summed E-state index contributed by atoms with van der Waals surface area (Å²) in [5, 5.41) is 12.1. The Morgan fingerprint density at radius 3 is 2.90 bits per heavy atom. The van der Waals surface area contributed by atoms with Crippen LogP contribution in [0.2, 0.25) is 0 Å². The Morgan fingerprint density at radius 1 is 1.43 bits per heavy atom. The average molecular weight is 292 g/mol. The lowest BCUT2D eigenvalue weighted by Gasteiger charge is -2.32. The van der Waals surface area contributed by atoms with Gasteiger partial charge in [0.2, 0.25) is 0 Å². The zero-order valence-corrected chi connectivity index (χ0v) is 12.0. The Morgan fingerprint density at radius 2 is 2.19 bits per heavy atom. The van der Waals surface area contributed by atoms with Gasteiger partial charge in [0.05, 0.1) is 12.5 Å². The summed E-state index contributed by atoms with van der Waals surface area (Å²) in [7, 11) is 0. The average Bonchev–Trinajstić information content (AvgIpc) is 2.50. The third kappa shape index (κ3) is 3.72. The number of nitrogens with one attached hydrogen (secondary N) is 1. The number of hydrogen-bond donors (Lipinski definition) is 2. The SMILES string of the molecule is CCOCCNC(=O)N1Cc2ccccc2C(C(=O)O)C1. The van der Waals surface area contributed by atoms with E-state index in [1.165, 1.54) is 4.90 Å². The predicted molar refractivity (Wildman–Crippen MR) is 77.1 cm³/mol. The van der Waals surface area contributed by atoms with Crippen LogP contribution in [0.25, 0.3) is 0 Å². The quantitative estimate of drug-likeness (QED) is 0.804. The highest BCUT2D eigenvalue weighted by Crippen LogP contribution is 2.28. The van der Waals surface area contributed by atoms with Crippen molar-refractivity contribution in [2.24, 2.45) is 0 Å². The number of carboxylic acid groups (broad SMARTS) is 1. The van der Waals surface area contributed by atoms with Gasteiger partial charge in [0.25, 0.3) is 0 Å². The molecule has 0 saturated heterocycles. The molecule has 0 fully saturated rings. The van der Waals surface area contributed by atoms with Crippen molar-refractivity contribution in [3.05, 3.63) is 35.4 Å². The summed E-state index contributed by atoms with van der Waals surface area (Å²) in [6.45, 7) is 3.99. The highest BCUT2D eigenvalue weighted by molar-refractivity contribution is 5.80.